The Labute approximate surface area is 177 Å². The van der Waals surface area contributed by atoms with E-state index in [0.29, 0.717) is 57.2 Å². The minimum Gasteiger partial charge on any atom is -0.466 e. The Morgan fingerprint density at radius 2 is 1.86 bits per heavy atom. The minimum atomic E-state index is -0.602. The predicted molar refractivity (Wildman–Crippen MR) is 112 cm³/mol. The van der Waals surface area contributed by atoms with E-state index in [1.54, 1.807) is 17.0 Å². The third-order valence-corrected chi connectivity index (χ3v) is 6.59. The number of esters is 1. The normalized spacial score (nSPS) is 20.9. The molecule has 2 heterocycles. The Kier molecular flexibility index (Phi) is 7.55. The maximum atomic E-state index is 12.9. The summed E-state index contributed by atoms with van der Waals surface area (Å²) >= 11 is 5.92. The number of piperidine rings is 1. The highest BCUT2D eigenvalue weighted by Gasteiger charge is 2.49. The van der Waals surface area contributed by atoms with Crippen LogP contribution in [0.3, 0.4) is 0 Å². The Morgan fingerprint density at radius 1 is 1.24 bits per heavy atom. The topological polar surface area (TPSA) is 81.9 Å². The molecule has 1 atom stereocenters. The zero-order chi connectivity index (χ0) is 20.9. The van der Waals surface area contributed by atoms with Crippen molar-refractivity contribution in [2.24, 2.45) is 17.1 Å². The summed E-state index contributed by atoms with van der Waals surface area (Å²) in [6.07, 6.45) is 3.44. The number of benzene rings is 1. The van der Waals surface area contributed by atoms with Gasteiger partial charge in [-0.25, -0.2) is 0 Å². The molecule has 0 aliphatic carbocycles. The Bertz CT molecular complexity index is 695. The van der Waals surface area contributed by atoms with Crippen molar-refractivity contribution in [3.05, 3.63) is 34.9 Å². The number of carbonyl (C=O) groups is 2. The molecule has 1 aromatic carbocycles. The molecule has 0 spiro atoms. The molecular formula is C22H31ClN2O4. The summed E-state index contributed by atoms with van der Waals surface area (Å²) in [5.41, 5.74) is 6.67. The third kappa shape index (κ3) is 5.11. The van der Waals surface area contributed by atoms with E-state index >= 15 is 0 Å². The van der Waals surface area contributed by atoms with Gasteiger partial charge >= 0.3 is 5.97 Å². The molecule has 2 fully saturated rings. The van der Waals surface area contributed by atoms with Crippen molar-refractivity contribution in [1.29, 1.82) is 0 Å². The lowest BCUT2D eigenvalue weighted by molar-refractivity contribution is -0.168. The molecule has 160 valence electrons. The number of halogens is 1. The number of amides is 1. The number of nitrogens with zero attached hydrogens (tertiary/aromatic N) is 1. The van der Waals surface area contributed by atoms with E-state index in [-0.39, 0.29) is 17.8 Å². The van der Waals surface area contributed by atoms with Crippen LogP contribution < -0.4 is 5.73 Å². The molecule has 2 aliphatic heterocycles. The van der Waals surface area contributed by atoms with E-state index in [1.807, 2.05) is 19.1 Å². The molecule has 1 amide bonds. The maximum absolute atomic E-state index is 12.9. The second kappa shape index (κ2) is 9.92. The molecule has 0 aromatic heterocycles. The van der Waals surface area contributed by atoms with Crippen molar-refractivity contribution in [2.75, 3.05) is 32.9 Å². The molecule has 0 unspecified atom stereocenters. The van der Waals surface area contributed by atoms with Crippen LogP contribution >= 0.6 is 11.6 Å². The van der Waals surface area contributed by atoms with E-state index in [9.17, 15) is 9.59 Å². The molecule has 3 rings (SSSR count). The second-order valence-corrected chi connectivity index (χ2v) is 8.46. The Hall–Kier alpha value is -1.63. The van der Waals surface area contributed by atoms with Crippen LogP contribution in [0.25, 0.3) is 0 Å². The van der Waals surface area contributed by atoms with Crippen molar-refractivity contribution in [1.82, 2.24) is 4.90 Å². The summed E-state index contributed by atoms with van der Waals surface area (Å²) in [5, 5.41) is 0.660. The minimum absolute atomic E-state index is 0.0654. The number of carbonyl (C=O) groups excluding carboxylic acids is 2. The van der Waals surface area contributed by atoms with E-state index in [0.717, 1.165) is 18.4 Å². The molecular weight excluding hydrogens is 392 g/mol. The lowest BCUT2D eigenvalue weighted by atomic mass is 9.65. The molecule has 29 heavy (non-hydrogen) atoms. The van der Waals surface area contributed by atoms with Crippen LogP contribution in [0.1, 0.15) is 38.2 Å². The van der Waals surface area contributed by atoms with Crippen LogP contribution in [-0.2, 0) is 25.5 Å². The first-order chi connectivity index (χ1) is 14.0. The van der Waals surface area contributed by atoms with E-state index in [2.05, 4.69) is 0 Å². The van der Waals surface area contributed by atoms with E-state index < -0.39 is 11.5 Å². The van der Waals surface area contributed by atoms with Crippen LogP contribution in [0, 0.1) is 11.3 Å². The van der Waals surface area contributed by atoms with Gasteiger partial charge in [0, 0.05) is 31.3 Å². The highest BCUT2D eigenvalue weighted by Crippen LogP contribution is 2.44. The highest BCUT2D eigenvalue weighted by atomic mass is 35.5. The van der Waals surface area contributed by atoms with Gasteiger partial charge in [0.1, 0.15) is 0 Å². The average Bonchev–Trinajstić information content (AvgIpc) is 2.75. The molecule has 0 bridgehead atoms. The molecule has 1 aromatic rings. The first-order valence-electron chi connectivity index (χ1n) is 10.5. The van der Waals surface area contributed by atoms with Gasteiger partial charge in [-0.3, -0.25) is 9.59 Å². The van der Waals surface area contributed by atoms with Gasteiger partial charge in [-0.2, -0.15) is 0 Å². The van der Waals surface area contributed by atoms with Crippen molar-refractivity contribution in [3.63, 3.8) is 0 Å². The standard InChI is InChI=1S/C22H31ClN2O4/c1-2-29-21(27)22(17-7-13-28-14-8-17)9-11-25(12-10-22)20(26)19(24)15-16-3-5-18(23)6-4-16/h3-6,17,19H,2,7-15,24H2,1H3/t19-/m1/s1. The smallest absolute Gasteiger partial charge is 0.312 e. The van der Waals surface area contributed by atoms with Gasteiger partial charge < -0.3 is 20.1 Å². The van der Waals surface area contributed by atoms with Crippen molar-refractivity contribution in [2.45, 2.75) is 45.1 Å². The van der Waals surface area contributed by atoms with Gasteiger partial charge in [-0.05, 0) is 62.6 Å². The summed E-state index contributed by atoms with van der Waals surface area (Å²) in [5.74, 6) is 0.0594. The summed E-state index contributed by atoms with van der Waals surface area (Å²) < 4.78 is 10.9. The lowest BCUT2D eigenvalue weighted by Gasteiger charge is -2.46. The SMILES string of the molecule is CCOC(=O)C1(C2CCOCC2)CCN(C(=O)[C@H](N)Cc2ccc(Cl)cc2)CC1. The fraction of sp³-hybridized carbons (Fsp3) is 0.636. The Balaban J connectivity index is 1.63. The van der Waals surface area contributed by atoms with Gasteiger partial charge in [0.25, 0.3) is 0 Å². The number of likely N-dealkylation sites (tertiary alicyclic amines) is 1. The van der Waals surface area contributed by atoms with Crippen molar-refractivity contribution < 1.29 is 19.1 Å². The molecule has 6 nitrogen and oxygen atoms in total. The first kappa shape index (κ1) is 22.1. The van der Waals surface area contributed by atoms with Gasteiger partial charge in [-0.15, -0.1) is 0 Å². The van der Waals surface area contributed by atoms with Crippen molar-refractivity contribution in [3.8, 4) is 0 Å². The maximum Gasteiger partial charge on any atom is 0.312 e. The molecule has 2 aliphatic rings. The highest BCUT2D eigenvalue weighted by molar-refractivity contribution is 6.30. The predicted octanol–water partition coefficient (Wildman–Crippen LogP) is 2.81. The first-order valence-corrected chi connectivity index (χ1v) is 10.9. The molecule has 7 heteroatoms. The fourth-order valence-electron chi connectivity index (χ4n) is 4.63. The largest absolute Gasteiger partial charge is 0.466 e. The lowest BCUT2D eigenvalue weighted by Crippen LogP contribution is -2.54. The van der Waals surface area contributed by atoms with Crippen LogP contribution in [0.15, 0.2) is 24.3 Å². The van der Waals surface area contributed by atoms with Crippen LogP contribution in [0.5, 0.6) is 0 Å². The Morgan fingerprint density at radius 3 is 2.45 bits per heavy atom. The average molecular weight is 423 g/mol. The molecule has 0 saturated carbocycles. The number of hydrogen-bond donors (Lipinski definition) is 1. The summed E-state index contributed by atoms with van der Waals surface area (Å²) in [7, 11) is 0. The quantitative estimate of drug-likeness (QED) is 0.713. The second-order valence-electron chi connectivity index (χ2n) is 8.03. The summed E-state index contributed by atoms with van der Waals surface area (Å²) in [6, 6.07) is 6.78. The number of hydrogen-bond acceptors (Lipinski definition) is 5. The zero-order valence-corrected chi connectivity index (χ0v) is 17.8. The number of ether oxygens (including phenoxy) is 2. The van der Waals surface area contributed by atoms with Gasteiger partial charge in [0.15, 0.2) is 0 Å². The fourth-order valence-corrected chi connectivity index (χ4v) is 4.75. The summed E-state index contributed by atoms with van der Waals surface area (Å²) in [6.45, 7) is 4.63. The van der Waals surface area contributed by atoms with Crippen LogP contribution in [-0.4, -0.2) is 55.7 Å². The van der Waals surface area contributed by atoms with Gasteiger partial charge in [-0.1, -0.05) is 23.7 Å². The van der Waals surface area contributed by atoms with E-state index in [1.165, 1.54) is 0 Å². The van der Waals surface area contributed by atoms with Gasteiger partial charge in [0.05, 0.1) is 18.1 Å². The van der Waals surface area contributed by atoms with Crippen molar-refractivity contribution >= 4 is 23.5 Å². The number of rotatable bonds is 6. The van der Waals surface area contributed by atoms with E-state index in [4.69, 9.17) is 26.8 Å². The van der Waals surface area contributed by atoms with Crippen LogP contribution in [0.2, 0.25) is 5.02 Å². The van der Waals surface area contributed by atoms with Gasteiger partial charge in [0.2, 0.25) is 5.91 Å². The third-order valence-electron chi connectivity index (χ3n) is 6.34. The van der Waals surface area contributed by atoms with Crippen LogP contribution in [0.4, 0.5) is 0 Å². The molecule has 2 N–H and O–H groups in total. The molecule has 2 saturated heterocycles. The number of nitrogens with two attached hydrogens (primary N) is 1. The summed E-state index contributed by atoms with van der Waals surface area (Å²) in [4.78, 5) is 27.6. The monoisotopic (exact) mass is 422 g/mol. The molecule has 0 radical (unpaired) electrons. The zero-order valence-electron chi connectivity index (χ0n) is 17.1.